The van der Waals surface area contributed by atoms with Crippen molar-refractivity contribution < 1.29 is 12.9 Å². The number of hydrogen-bond donors (Lipinski definition) is 0. The zero-order chi connectivity index (χ0) is 9.47. The van der Waals surface area contributed by atoms with Gasteiger partial charge in [-0.15, -0.1) is 0 Å². The Hall–Kier alpha value is -0.925. The smallest absolute Gasteiger partial charge is 0.449 e. The molecule has 1 aromatic rings. The SMILES string of the molecule is F[B-](F)(F)C1C[C@H]1c1ccccc1. The molecule has 2 rings (SSSR count). The van der Waals surface area contributed by atoms with Crippen LogP contribution in [0.4, 0.5) is 12.9 Å². The maximum absolute atomic E-state index is 12.2. The summed E-state index contributed by atoms with van der Waals surface area (Å²) in [6.07, 6.45) is 0.285. The Balaban J connectivity index is 2.09. The van der Waals surface area contributed by atoms with Crippen molar-refractivity contribution in [3.05, 3.63) is 35.9 Å². The molecule has 0 bridgehead atoms. The van der Waals surface area contributed by atoms with E-state index in [1.54, 1.807) is 24.3 Å². The van der Waals surface area contributed by atoms with E-state index in [1.807, 2.05) is 6.07 Å². The normalized spacial score (nSPS) is 27.3. The van der Waals surface area contributed by atoms with Crippen LogP contribution in [0.15, 0.2) is 30.3 Å². The summed E-state index contributed by atoms with van der Waals surface area (Å²) in [6.45, 7) is -4.62. The first-order chi connectivity index (χ1) is 6.09. The number of benzene rings is 1. The lowest BCUT2D eigenvalue weighted by atomic mass is 9.81. The Kier molecular flexibility index (Phi) is 1.86. The maximum Gasteiger partial charge on any atom is 0.481 e. The quantitative estimate of drug-likeness (QED) is 0.619. The van der Waals surface area contributed by atoms with Gasteiger partial charge in [0, 0.05) is 0 Å². The monoisotopic (exact) mass is 185 g/mol. The van der Waals surface area contributed by atoms with Gasteiger partial charge in [-0.25, -0.2) is 0 Å². The zero-order valence-electron chi connectivity index (χ0n) is 6.96. The van der Waals surface area contributed by atoms with Crippen molar-refractivity contribution >= 4 is 6.98 Å². The molecule has 1 fully saturated rings. The minimum atomic E-state index is -4.62. The Morgan fingerprint density at radius 2 is 1.69 bits per heavy atom. The van der Waals surface area contributed by atoms with Crippen LogP contribution in [0.5, 0.6) is 0 Å². The third kappa shape index (κ3) is 1.71. The van der Waals surface area contributed by atoms with Crippen LogP contribution in [0.1, 0.15) is 17.9 Å². The molecule has 1 aromatic carbocycles. The summed E-state index contributed by atoms with van der Waals surface area (Å²) >= 11 is 0. The molecular weight excluding hydrogens is 176 g/mol. The van der Waals surface area contributed by atoms with Crippen molar-refractivity contribution in [2.24, 2.45) is 0 Å². The van der Waals surface area contributed by atoms with E-state index >= 15 is 0 Å². The fourth-order valence-corrected chi connectivity index (χ4v) is 1.72. The van der Waals surface area contributed by atoms with Crippen LogP contribution in [-0.2, 0) is 0 Å². The lowest BCUT2D eigenvalue weighted by Crippen LogP contribution is -2.15. The minimum Gasteiger partial charge on any atom is -0.449 e. The van der Waals surface area contributed by atoms with Crippen LogP contribution in [0.2, 0.25) is 5.82 Å². The molecule has 0 radical (unpaired) electrons. The second kappa shape index (κ2) is 2.79. The van der Waals surface area contributed by atoms with E-state index in [9.17, 15) is 12.9 Å². The molecule has 0 aliphatic heterocycles. The first-order valence-electron chi connectivity index (χ1n) is 4.34. The van der Waals surface area contributed by atoms with Gasteiger partial charge in [0.1, 0.15) is 0 Å². The number of halogens is 3. The molecule has 0 amide bonds. The second-order valence-corrected chi connectivity index (χ2v) is 3.54. The van der Waals surface area contributed by atoms with E-state index in [-0.39, 0.29) is 12.3 Å². The third-order valence-corrected chi connectivity index (χ3v) is 2.55. The van der Waals surface area contributed by atoms with Crippen LogP contribution >= 0.6 is 0 Å². The van der Waals surface area contributed by atoms with Gasteiger partial charge >= 0.3 is 6.98 Å². The molecule has 1 aliphatic rings. The minimum absolute atomic E-state index is 0.263. The summed E-state index contributed by atoms with van der Waals surface area (Å²) in [6, 6.07) is 8.93. The van der Waals surface area contributed by atoms with Crippen LogP contribution in [0.3, 0.4) is 0 Å². The first-order valence-corrected chi connectivity index (χ1v) is 4.34. The zero-order valence-corrected chi connectivity index (χ0v) is 6.96. The van der Waals surface area contributed by atoms with Crippen LogP contribution in [0, 0.1) is 0 Å². The number of rotatable bonds is 2. The van der Waals surface area contributed by atoms with Gasteiger partial charge in [-0.2, -0.15) is 0 Å². The molecule has 1 aliphatic carbocycles. The fraction of sp³-hybridized carbons (Fsp3) is 0.333. The highest BCUT2D eigenvalue weighted by atomic mass is 19.4. The molecule has 0 aromatic heterocycles. The average molecular weight is 185 g/mol. The molecule has 4 heteroatoms. The summed E-state index contributed by atoms with van der Waals surface area (Å²) in [5, 5.41) is 0. The molecule has 13 heavy (non-hydrogen) atoms. The molecule has 70 valence electrons. The van der Waals surface area contributed by atoms with Crippen molar-refractivity contribution in [1.82, 2.24) is 0 Å². The molecular formula is C9H9BF3-. The fourth-order valence-electron chi connectivity index (χ4n) is 1.72. The topological polar surface area (TPSA) is 0 Å². The van der Waals surface area contributed by atoms with E-state index < -0.39 is 12.8 Å². The molecule has 1 unspecified atom stereocenters. The van der Waals surface area contributed by atoms with E-state index in [2.05, 4.69) is 0 Å². The van der Waals surface area contributed by atoms with E-state index in [0.717, 1.165) is 5.56 Å². The van der Waals surface area contributed by atoms with Gasteiger partial charge in [-0.05, 0) is 11.5 Å². The van der Waals surface area contributed by atoms with Crippen molar-refractivity contribution in [2.75, 3.05) is 0 Å². The number of hydrogen-bond acceptors (Lipinski definition) is 0. The van der Waals surface area contributed by atoms with Crippen molar-refractivity contribution in [3.63, 3.8) is 0 Å². The molecule has 0 nitrogen and oxygen atoms in total. The van der Waals surface area contributed by atoms with Crippen LogP contribution in [0.25, 0.3) is 0 Å². The third-order valence-electron chi connectivity index (χ3n) is 2.55. The predicted molar refractivity (Wildman–Crippen MR) is 46.6 cm³/mol. The average Bonchev–Trinajstić information content (AvgIpc) is 2.83. The molecule has 0 heterocycles. The van der Waals surface area contributed by atoms with Gasteiger partial charge in [0.25, 0.3) is 0 Å². The van der Waals surface area contributed by atoms with E-state index in [0.29, 0.717) is 0 Å². The largest absolute Gasteiger partial charge is 0.481 e. The van der Waals surface area contributed by atoms with Gasteiger partial charge in [0.05, 0.1) is 0 Å². The summed E-state index contributed by atoms with van der Waals surface area (Å²) in [4.78, 5) is 0. The lowest BCUT2D eigenvalue weighted by Gasteiger charge is -2.12. The highest BCUT2D eigenvalue weighted by Crippen LogP contribution is 2.59. The van der Waals surface area contributed by atoms with Gasteiger partial charge in [-0.3, -0.25) is 0 Å². The van der Waals surface area contributed by atoms with Crippen molar-refractivity contribution in [3.8, 4) is 0 Å². The lowest BCUT2D eigenvalue weighted by molar-refractivity contribution is 0.463. The van der Waals surface area contributed by atoms with Crippen LogP contribution < -0.4 is 0 Å². The van der Waals surface area contributed by atoms with Gasteiger partial charge in [-0.1, -0.05) is 42.6 Å². The molecule has 1 saturated carbocycles. The maximum atomic E-state index is 12.2. The molecule has 2 atom stereocenters. The summed E-state index contributed by atoms with van der Waals surface area (Å²) < 4.78 is 36.7. The predicted octanol–water partition coefficient (Wildman–Crippen LogP) is 3.39. The standard InChI is InChI=1S/C9H9BF3/c11-10(12,13)9-6-8(9)7-4-2-1-3-5-7/h1-5,8-9H,6H2/q-1/t8-,9?/m0/s1. The summed E-state index contributed by atoms with van der Waals surface area (Å²) in [7, 11) is 0. The van der Waals surface area contributed by atoms with Crippen molar-refractivity contribution in [1.29, 1.82) is 0 Å². The Labute approximate surface area is 74.8 Å². The molecule has 0 saturated heterocycles. The van der Waals surface area contributed by atoms with Crippen molar-refractivity contribution in [2.45, 2.75) is 18.2 Å². The summed E-state index contributed by atoms with van der Waals surface area (Å²) in [5.74, 6) is -1.30. The second-order valence-electron chi connectivity index (χ2n) is 3.54. The van der Waals surface area contributed by atoms with E-state index in [1.165, 1.54) is 0 Å². The Bertz CT molecular complexity index is 293. The Morgan fingerprint density at radius 1 is 1.08 bits per heavy atom. The van der Waals surface area contributed by atoms with Gasteiger partial charge in [0.2, 0.25) is 0 Å². The molecule has 0 N–H and O–H groups in total. The highest BCUT2D eigenvalue weighted by Gasteiger charge is 2.50. The van der Waals surface area contributed by atoms with E-state index in [4.69, 9.17) is 0 Å². The van der Waals surface area contributed by atoms with Gasteiger partial charge < -0.3 is 12.9 Å². The first kappa shape index (κ1) is 8.66. The van der Waals surface area contributed by atoms with Crippen LogP contribution in [-0.4, -0.2) is 6.98 Å². The highest BCUT2D eigenvalue weighted by molar-refractivity contribution is 6.61. The summed E-state index contributed by atoms with van der Waals surface area (Å²) in [5.41, 5.74) is 0.826. The molecule has 0 spiro atoms. The van der Waals surface area contributed by atoms with Gasteiger partial charge in [0.15, 0.2) is 0 Å². The Morgan fingerprint density at radius 3 is 2.15 bits per heavy atom.